The Morgan fingerprint density at radius 2 is 2.13 bits per heavy atom. The lowest BCUT2D eigenvalue weighted by atomic mass is 10.2. The molecule has 0 atom stereocenters. The molecule has 0 bridgehead atoms. The molecule has 0 fully saturated rings. The number of nitriles is 1. The zero-order chi connectivity index (χ0) is 10.7. The molecular formula is C9H4ClN3OS. The minimum absolute atomic E-state index is 0.202. The Morgan fingerprint density at radius 1 is 1.33 bits per heavy atom. The number of para-hydroxylation sites is 1. The molecule has 6 heteroatoms. The van der Waals surface area contributed by atoms with Crippen molar-refractivity contribution in [3.8, 4) is 17.7 Å². The Labute approximate surface area is 95.0 Å². The van der Waals surface area contributed by atoms with Crippen LogP contribution >= 0.6 is 23.3 Å². The highest BCUT2D eigenvalue weighted by Gasteiger charge is 2.10. The Hall–Kier alpha value is -1.64. The highest BCUT2D eigenvalue weighted by atomic mass is 35.5. The number of aromatic nitrogens is 2. The second kappa shape index (κ2) is 4.26. The van der Waals surface area contributed by atoms with E-state index in [1.807, 2.05) is 6.07 Å². The molecule has 0 saturated carbocycles. The molecule has 1 heterocycles. The number of hydrogen-bond acceptors (Lipinski definition) is 5. The second-order valence-corrected chi connectivity index (χ2v) is 3.46. The molecule has 2 rings (SSSR count). The van der Waals surface area contributed by atoms with Gasteiger partial charge in [0, 0.05) is 0 Å². The fourth-order valence-corrected chi connectivity index (χ4v) is 1.59. The van der Waals surface area contributed by atoms with Crippen LogP contribution in [0.5, 0.6) is 11.6 Å². The minimum Gasteiger partial charge on any atom is -0.434 e. The van der Waals surface area contributed by atoms with E-state index < -0.39 is 0 Å². The van der Waals surface area contributed by atoms with Crippen molar-refractivity contribution in [1.82, 2.24) is 8.75 Å². The quantitative estimate of drug-likeness (QED) is 0.806. The molecule has 0 aliphatic rings. The van der Waals surface area contributed by atoms with Crippen molar-refractivity contribution in [2.75, 3.05) is 0 Å². The Morgan fingerprint density at radius 3 is 2.80 bits per heavy atom. The van der Waals surface area contributed by atoms with Crippen molar-refractivity contribution >= 4 is 23.3 Å². The van der Waals surface area contributed by atoms with Gasteiger partial charge in [-0.15, -0.1) is 4.37 Å². The molecule has 2 aromatic rings. The van der Waals surface area contributed by atoms with E-state index >= 15 is 0 Å². The summed E-state index contributed by atoms with van der Waals surface area (Å²) in [7, 11) is 0. The van der Waals surface area contributed by atoms with Crippen molar-refractivity contribution < 1.29 is 4.74 Å². The summed E-state index contributed by atoms with van der Waals surface area (Å²) >= 11 is 6.67. The molecule has 15 heavy (non-hydrogen) atoms. The van der Waals surface area contributed by atoms with E-state index in [-0.39, 0.29) is 11.0 Å². The van der Waals surface area contributed by atoms with Crippen LogP contribution in [0.2, 0.25) is 5.15 Å². The number of halogens is 1. The molecule has 74 valence electrons. The first kappa shape index (κ1) is 9.90. The molecule has 4 nitrogen and oxygen atoms in total. The van der Waals surface area contributed by atoms with Gasteiger partial charge in [-0.05, 0) is 12.1 Å². The van der Waals surface area contributed by atoms with Gasteiger partial charge in [0.05, 0.1) is 17.3 Å². The molecule has 0 radical (unpaired) electrons. The predicted octanol–water partition coefficient (Wildman–Crippen LogP) is 2.86. The van der Waals surface area contributed by atoms with E-state index in [2.05, 4.69) is 8.75 Å². The summed E-state index contributed by atoms with van der Waals surface area (Å²) in [5.41, 5.74) is 0.432. The summed E-state index contributed by atoms with van der Waals surface area (Å²) in [4.78, 5) is 0. The van der Waals surface area contributed by atoms with Gasteiger partial charge >= 0.3 is 0 Å². The topological polar surface area (TPSA) is 58.8 Å². The fraction of sp³-hybridized carbons (Fsp3) is 0. The molecular weight excluding hydrogens is 234 g/mol. The number of nitrogens with zero attached hydrogens (tertiary/aromatic N) is 3. The summed E-state index contributed by atoms with van der Waals surface area (Å²) in [6.07, 6.45) is 0. The zero-order valence-electron chi connectivity index (χ0n) is 7.35. The normalized spacial score (nSPS) is 9.60. The Bertz CT molecular complexity index is 520. The van der Waals surface area contributed by atoms with Crippen LogP contribution in [0.3, 0.4) is 0 Å². The Balaban J connectivity index is 2.33. The molecule has 0 aliphatic carbocycles. The first-order valence-electron chi connectivity index (χ1n) is 3.96. The van der Waals surface area contributed by atoms with Gasteiger partial charge in [0.25, 0.3) is 5.88 Å². The summed E-state index contributed by atoms with van der Waals surface area (Å²) in [5.74, 6) is 0.652. The average molecular weight is 238 g/mol. The second-order valence-electron chi connectivity index (χ2n) is 2.57. The first-order valence-corrected chi connectivity index (χ1v) is 5.07. The summed E-state index contributed by atoms with van der Waals surface area (Å²) in [6.45, 7) is 0. The van der Waals surface area contributed by atoms with Gasteiger partial charge < -0.3 is 4.74 Å². The van der Waals surface area contributed by atoms with Gasteiger partial charge in [0.2, 0.25) is 5.15 Å². The van der Waals surface area contributed by atoms with Crippen LogP contribution in [0.1, 0.15) is 5.56 Å². The Kier molecular flexibility index (Phi) is 2.81. The maximum atomic E-state index is 8.82. The van der Waals surface area contributed by atoms with Crippen LogP contribution in [0.15, 0.2) is 24.3 Å². The zero-order valence-corrected chi connectivity index (χ0v) is 8.92. The van der Waals surface area contributed by atoms with Gasteiger partial charge in [0.15, 0.2) is 0 Å². The molecule has 1 aromatic carbocycles. The van der Waals surface area contributed by atoms with E-state index in [0.29, 0.717) is 11.3 Å². The van der Waals surface area contributed by atoms with Crippen molar-refractivity contribution in [3.05, 3.63) is 35.0 Å². The smallest absolute Gasteiger partial charge is 0.270 e. The van der Waals surface area contributed by atoms with E-state index in [9.17, 15) is 0 Å². The lowest BCUT2D eigenvalue weighted by Crippen LogP contribution is -1.88. The SMILES string of the molecule is N#Cc1ccccc1Oc1nsnc1Cl. The number of ether oxygens (including phenoxy) is 1. The molecule has 0 aliphatic heterocycles. The van der Waals surface area contributed by atoms with Crippen LogP contribution in [0.25, 0.3) is 0 Å². The molecule has 0 unspecified atom stereocenters. The van der Waals surface area contributed by atoms with Gasteiger partial charge in [0.1, 0.15) is 11.8 Å². The van der Waals surface area contributed by atoms with Gasteiger partial charge in [-0.1, -0.05) is 23.7 Å². The van der Waals surface area contributed by atoms with Crippen molar-refractivity contribution in [1.29, 1.82) is 5.26 Å². The predicted molar refractivity (Wildman–Crippen MR) is 56.2 cm³/mol. The van der Waals surface area contributed by atoms with E-state index in [1.165, 1.54) is 0 Å². The average Bonchev–Trinajstić information content (AvgIpc) is 2.65. The van der Waals surface area contributed by atoms with Gasteiger partial charge in [-0.25, -0.2) is 0 Å². The van der Waals surface area contributed by atoms with Gasteiger partial charge in [-0.2, -0.15) is 9.64 Å². The summed E-state index contributed by atoms with van der Waals surface area (Å²) in [6, 6.07) is 8.87. The molecule has 1 aromatic heterocycles. The highest BCUT2D eigenvalue weighted by molar-refractivity contribution is 6.99. The van der Waals surface area contributed by atoms with Crippen LogP contribution in [0, 0.1) is 11.3 Å². The van der Waals surface area contributed by atoms with Crippen LogP contribution in [-0.2, 0) is 0 Å². The van der Waals surface area contributed by atoms with Gasteiger partial charge in [-0.3, -0.25) is 0 Å². The number of benzene rings is 1. The van der Waals surface area contributed by atoms with Crippen molar-refractivity contribution in [2.45, 2.75) is 0 Å². The van der Waals surface area contributed by atoms with Crippen molar-refractivity contribution in [3.63, 3.8) is 0 Å². The fourth-order valence-electron chi connectivity index (χ4n) is 0.983. The minimum atomic E-state index is 0.202. The maximum Gasteiger partial charge on any atom is 0.270 e. The van der Waals surface area contributed by atoms with Crippen molar-refractivity contribution in [2.24, 2.45) is 0 Å². The number of hydrogen-bond donors (Lipinski definition) is 0. The van der Waals surface area contributed by atoms with Crippen LogP contribution in [0.4, 0.5) is 0 Å². The first-order chi connectivity index (χ1) is 7.31. The maximum absolute atomic E-state index is 8.82. The van der Waals surface area contributed by atoms with E-state index in [4.69, 9.17) is 21.6 Å². The van der Waals surface area contributed by atoms with E-state index in [1.54, 1.807) is 24.3 Å². The molecule has 0 saturated heterocycles. The third kappa shape index (κ3) is 2.06. The number of rotatable bonds is 2. The molecule has 0 N–H and O–H groups in total. The standard InChI is InChI=1S/C9H4ClN3OS/c10-8-9(13-15-12-8)14-7-4-2-1-3-6(7)5-11/h1-4H. The van der Waals surface area contributed by atoms with Crippen LogP contribution in [-0.4, -0.2) is 8.75 Å². The summed E-state index contributed by atoms with van der Waals surface area (Å²) < 4.78 is 13.0. The molecule has 0 amide bonds. The summed E-state index contributed by atoms with van der Waals surface area (Å²) in [5, 5.41) is 9.02. The monoisotopic (exact) mass is 237 g/mol. The highest BCUT2D eigenvalue weighted by Crippen LogP contribution is 2.28. The van der Waals surface area contributed by atoms with Crippen LogP contribution < -0.4 is 4.74 Å². The third-order valence-electron chi connectivity index (χ3n) is 1.64. The molecule has 0 spiro atoms. The largest absolute Gasteiger partial charge is 0.434 e. The van der Waals surface area contributed by atoms with E-state index in [0.717, 1.165) is 11.7 Å². The third-order valence-corrected chi connectivity index (χ3v) is 2.49. The lowest BCUT2D eigenvalue weighted by Gasteiger charge is -2.02. The lowest BCUT2D eigenvalue weighted by molar-refractivity contribution is 0.466.